The average molecular weight is 567 g/mol. The smallest absolute Gasteiger partial charge is 0.164 e. The molecule has 9 heteroatoms. The van der Waals surface area contributed by atoms with Crippen LogP contribution in [0.5, 0.6) is 0 Å². The molecule has 0 heterocycles. The van der Waals surface area contributed by atoms with E-state index in [0.29, 0.717) is 12.8 Å². The lowest BCUT2D eigenvalue weighted by molar-refractivity contribution is -0.176. The van der Waals surface area contributed by atoms with Crippen LogP contribution in [0.2, 0.25) is 0 Å². The van der Waals surface area contributed by atoms with Gasteiger partial charge in [0.1, 0.15) is 24.8 Å². The first-order chi connectivity index (χ1) is 18.3. The summed E-state index contributed by atoms with van der Waals surface area (Å²) in [6, 6.07) is 0. The SMILES string of the molecule is C=O.CC(C)(O)C(O)CC(=O)C(O)C1CCC2(C)C3CC=C4C(CC(=O)C(O)C4(C)C)C3(C)C(=O)CC12C.CO. The van der Waals surface area contributed by atoms with Crippen LogP contribution in [0.15, 0.2) is 11.6 Å². The number of hydrogen-bond acceptors (Lipinski definition) is 9. The maximum absolute atomic E-state index is 14.1. The van der Waals surface area contributed by atoms with Gasteiger partial charge in [-0.2, -0.15) is 0 Å². The van der Waals surface area contributed by atoms with Gasteiger partial charge in [0.25, 0.3) is 0 Å². The highest BCUT2D eigenvalue weighted by molar-refractivity contribution is 5.92. The van der Waals surface area contributed by atoms with Crippen molar-refractivity contribution in [1.82, 2.24) is 0 Å². The molecule has 4 aliphatic carbocycles. The summed E-state index contributed by atoms with van der Waals surface area (Å²) in [6.45, 7) is 14.8. The van der Waals surface area contributed by atoms with Gasteiger partial charge in [0.2, 0.25) is 0 Å². The Hall–Kier alpha value is -1.78. The molecule has 3 saturated carbocycles. The fourth-order valence-corrected chi connectivity index (χ4v) is 8.62. The number of ketones is 3. The minimum absolute atomic E-state index is 0.0573. The van der Waals surface area contributed by atoms with Crippen molar-refractivity contribution in [1.29, 1.82) is 0 Å². The van der Waals surface area contributed by atoms with Gasteiger partial charge in [0, 0.05) is 37.2 Å². The molecule has 9 nitrogen and oxygen atoms in total. The van der Waals surface area contributed by atoms with Crippen LogP contribution in [-0.4, -0.2) is 80.7 Å². The molecule has 0 aromatic carbocycles. The van der Waals surface area contributed by atoms with Gasteiger partial charge in [0.05, 0.1) is 11.7 Å². The van der Waals surface area contributed by atoms with Gasteiger partial charge in [0.15, 0.2) is 11.6 Å². The van der Waals surface area contributed by atoms with Crippen molar-refractivity contribution in [2.75, 3.05) is 7.11 Å². The van der Waals surface area contributed by atoms with Gasteiger partial charge in [-0.05, 0) is 61.7 Å². The van der Waals surface area contributed by atoms with Crippen LogP contribution in [-0.2, 0) is 19.2 Å². The van der Waals surface area contributed by atoms with Crippen LogP contribution in [0.25, 0.3) is 0 Å². The number of hydrogen-bond donors (Lipinski definition) is 5. The van der Waals surface area contributed by atoms with Crippen LogP contribution < -0.4 is 0 Å². The number of rotatable bonds is 5. The predicted octanol–water partition coefficient (Wildman–Crippen LogP) is 2.19. The Kier molecular flexibility index (Phi) is 9.88. The van der Waals surface area contributed by atoms with E-state index in [1.165, 1.54) is 13.8 Å². The maximum atomic E-state index is 14.1. The molecular weight excluding hydrogens is 516 g/mol. The van der Waals surface area contributed by atoms with Crippen molar-refractivity contribution in [2.45, 2.75) is 111 Å². The first-order valence-corrected chi connectivity index (χ1v) is 14.1. The Morgan fingerprint density at radius 3 is 2.15 bits per heavy atom. The molecule has 9 atom stereocenters. The molecule has 9 unspecified atom stereocenters. The molecule has 0 aliphatic heterocycles. The highest BCUT2D eigenvalue weighted by Crippen LogP contribution is 2.73. The monoisotopic (exact) mass is 566 g/mol. The van der Waals surface area contributed by atoms with E-state index in [0.717, 1.165) is 19.1 Å². The Morgan fingerprint density at radius 1 is 1.07 bits per heavy atom. The largest absolute Gasteiger partial charge is 0.400 e. The molecule has 0 bridgehead atoms. The number of aliphatic hydroxyl groups excluding tert-OH is 4. The normalized spacial score (nSPS) is 39.6. The molecule has 3 fully saturated rings. The van der Waals surface area contributed by atoms with E-state index >= 15 is 0 Å². The topological polar surface area (TPSA) is 169 Å². The van der Waals surface area contributed by atoms with E-state index in [-0.39, 0.29) is 48.1 Å². The molecule has 0 aromatic rings. The number of carbonyl (C=O) groups is 4. The van der Waals surface area contributed by atoms with E-state index in [4.69, 9.17) is 9.90 Å². The summed E-state index contributed by atoms with van der Waals surface area (Å²) < 4.78 is 0. The van der Waals surface area contributed by atoms with Gasteiger partial charge < -0.3 is 30.3 Å². The summed E-state index contributed by atoms with van der Waals surface area (Å²) in [7, 11) is 1.00. The second kappa shape index (κ2) is 11.5. The summed E-state index contributed by atoms with van der Waals surface area (Å²) in [4.78, 5) is 47.9. The van der Waals surface area contributed by atoms with Crippen molar-refractivity contribution in [2.24, 2.45) is 39.4 Å². The quantitative estimate of drug-likeness (QED) is 0.313. The highest BCUT2D eigenvalue weighted by atomic mass is 16.3. The van der Waals surface area contributed by atoms with Crippen LogP contribution >= 0.6 is 0 Å². The molecule has 4 aliphatic rings. The third-order valence-electron chi connectivity index (χ3n) is 11.5. The van der Waals surface area contributed by atoms with Crippen molar-refractivity contribution in [3.63, 3.8) is 0 Å². The third kappa shape index (κ3) is 4.96. The van der Waals surface area contributed by atoms with Gasteiger partial charge in [-0.15, -0.1) is 0 Å². The molecule has 0 saturated heterocycles. The minimum atomic E-state index is -1.46. The van der Waals surface area contributed by atoms with Gasteiger partial charge in [-0.1, -0.05) is 46.3 Å². The lowest BCUT2D eigenvalue weighted by Crippen LogP contribution is -2.64. The van der Waals surface area contributed by atoms with Crippen LogP contribution in [0.4, 0.5) is 0 Å². The van der Waals surface area contributed by atoms with Crippen molar-refractivity contribution >= 4 is 24.1 Å². The average Bonchev–Trinajstić information content (AvgIpc) is 3.15. The zero-order valence-corrected chi connectivity index (χ0v) is 25.4. The third-order valence-corrected chi connectivity index (χ3v) is 11.5. The summed E-state index contributed by atoms with van der Waals surface area (Å²) >= 11 is 0. The molecule has 0 aromatic heterocycles. The van der Waals surface area contributed by atoms with Crippen LogP contribution in [0.3, 0.4) is 0 Å². The zero-order valence-electron chi connectivity index (χ0n) is 25.4. The first-order valence-electron chi connectivity index (χ1n) is 14.1. The molecule has 0 radical (unpaired) electrons. The lowest BCUT2D eigenvalue weighted by Gasteiger charge is -2.64. The highest BCUT2D eigenvalue weighted by Gasteiger charge is 2.71. The number of aliphatic hydroxyl groups is 5. The van der Waals surface area contributed by atoms with Crippen LogP contribution in [0.1, 0.15) is 87.0 Å². The molecule has 40 heavy (non-hydrogen) atoms. The molecular formula is C31H50O9. The number of carbonyl (C=O) groups excluding carboxylic acids is 4. The molecule has 4 rings (SSSR count). The molecule has 0 spiro atoms. The van der Waals surface area contributed by atoms with Crippen molar-refractivity contribution < 1.29 is 44.7 Å². The van der Waals surface area contributed by atoms with E-state index in [1.54, 1.807) is 0 Å². The molecule has 0 amide bonds. The summed E-state index contributed by atoms with van der Waals surface area (Å²) in [5.74, 6) is -1.42. The molecule has 5 N–H and O–H groups in total. The Balaban J connectivity index is 0.00000134. The predicted molar refractivity (Wildman–Crippen MR) is 149 cm³/mol. The number of Topliss-reactive ketones (excluding diaryl/α,β-unsaturated/α-hetero) is 3. The van der Waals surface area contributed by atoms with E-state index in [2.05, 4.69) is 13.0 Å². The standard InChI is InChI=1S/C29H44O7.CH4O.CH2O/c1-25(2)15-8-9-20-27(5)11-10-16(23(34)18(30)13-21(32)26(3,4)36)28(27,6)14-22(33)29(20,7)17(15)12-19(31)24(25)35;2*1-2/h8,16-17,20-21,23-24,32,34-36H,9-14H2,1-7H3;2H,1H3;1H2. The van der Waals surface area contributed by atoms with E-state index < -0.39 is 51.9 Å². The van der Waals surface area contributed by atoms with Gasteiger partial charge in [-0.3, -0.25) is 14.4 Å². The molecule has 228 valence electrons. The number of fused-ring (bicyclic) bond motifs is 5. The number of allylic oxidation sites excluding steroid dienone is 1. The summed E-state index contributed by atoms with van der Waals surface area (Å²) in [5, 5.41) is 49.1. The zero-order chi connectivity index (χ0) is 31.2. The summed E-state index contributed by atoms with van der Waals surface area (Å²) in [5.41, 5.74) is -2.91. The summed E-state index contributed by atoms with van der Waals surface area (Å²) in [6.07, 6.45) is 0.449. The van der Waals surface area contributed by atoms with Gasteiger partial charge in [-0.25, -0.2) is 0 Å². The van der Waals surface area contributed by atoms with Crippen molar-refractivity contribution in [3.05, 3.63) is 11.6 Å². The van der Waals surface area contributed by atoms with Crippen molar-refractivity contribution in [3.8, 4) is 0 Å². The first kappa shape index (κ1) is 34.4. The minimum Gasteiger partial charge on any atom is -0.400 e. The Labute approximate surface area is 238 Å². The Morgan fingerprint density at radius 2 is 1.62 bits per heavy atom. The second-order valence-corrected chi connectivity index (χ2v) is 13.9. The fraction of sp³-hybridized carbons (Fsp3) is 0.806. The maximum Gasteiger partial charge on any atom is 0.164 e. The van der Waals surface area contributed by atoms with E-state index in [9.17, 15) is 34.8 Å². The Bertz CT molecular complexity index is 1030. The second-order valence-electron chi connectivity index (χ2n) is 13.9. The fourth-order valence-electron chi connectivity index (χ4n) is 8.62. The lowest BCUT2D eigenvalue weighted by atomic mass is 9.38. The van der Waals surface area contributed by atoms with Crippen LogP contribution in [0, 0.1) is 39.4 Å². The van der Waals surface area contributed by atoms with Gasteiger partial charge >= 0.3 is 0 Å². The van der Waals surface area contributed by atoms with E-state index in [1.807, 2.05) is 34.5 Å².